The lowest BCUT2D eigenvalue weighted by Crippen LogP contribution is -2.37. The highest BCUT2D eigenvalue weighted by Gasteiger charge is 2.27. The van der Waals surface area contributed by atoms with Crippen molar-refractivity contribution < 1.29 is 42.1 Å². The van der Waals surface area contributed by atoms with Crippen molar-refractivity contribution in [1.82, 2.24) is 0 Å². The monoisotopic (exact) mass is 943 g/mol. The Hall–Kier alpha value is -1.25. The maximum absolute atomic E-state index is 12.7. The van der Waals surface area contributed by atoms with Crippen LogP contribution in [0.2, 0.25) is 0 Å². The van der Waals surface area contributed by atoms with Gasteiger partial charge < -0.3 is 18.9 Å². The van der Waals surface area contributed by atoms with Gasteiger partial charge in [-0.25, -0.2) is 4.57 Å². The first-order valence-corrected chi connectivity index (χ1v) is 29.4. The molecular formula is C55H109NO8P+. The molecule has 0 radical (unpaired) electrons. The summed E-state index contributed by atoms with van der Waals surface area (Å²) in [4.78, 5) is 35.6. The number of carbonyl (C=O) groups excluding carboxylic acids is 2. The van der Waals surface area contributed by atoms with Crippen molar-refractivity contribution in [3.05, 3.63) is 12.2 Å². The van der Waals surface area contributed by atoms with Gasteiger partial charge in [0.1, 0.15) is 19.8 Å². The van der Waals surface area contributed by atoms with Crippen LogP contribution in [0.4, 0.5) is 0 Å². The number of esters is 2. The zero-order chi connectivity index (χ0) is 47.8. The number of phosphoric acid groups is 1. The fraction of sp³-hybridized carbons (Fsp3) is 0.927. The second-order valence-electron chi connectivity index (χ2n) is 20.3. The van der Waals surface area contributed by atoms with Crippen molar-refractivity contribution in [2.24, 2.45) is 0 Å². The number of nitrogens with zero attached hydrogens (tertiary/aromatic N) is 1. The van der Waals surface area contributed by atoms with Crippen LogP contribution in [0.3, 0.4) is 0 Å². The van der Waals surface area contributed by atoms with Crippen LogP contribution >= 0.6 is 7.82 Å². The van der Waals surface area contributed by atoms with E-state index in [1.54, 1.807) is 0 Å². The van der Waals surface area contributed by atoms with Gasteiger partial charge in [0.25, 0.3) is 0 Å². The molecule has 65 heavy (non-hydrogen) atoms. The molecule has 0 aromatic heterocycles. The number of allylic oxidation sites excluding steroid dienone is 2. The molecule has 2 unspecified atom stereocenters. The second kappa shape index (κ2) is 47.8. The van der Waals surface area contributed by atoms with Crippen molar-refractivity contribution in [3.63, 3.8) is 0 Å². The van der Waals surface area contributed by atoms with Gasteiger partial charge in [-0.15, -0.1) is 0 Å². The van der Waals surface area contributed by atoms with E-state index in [9.17, 15) is 19.0 Å². The number of ether oxygens (including phenoxy) is 2. The fourth-order valence-corrected chi connectivity index (χ4v) is 8.93. The molecule has 1 N–H and O–H groups in total. The SMILES string of the molecule is CCCCCCCC/C=C\CCCCCCCC(=O)OC(COC(=O)CCCCCCCCCCCCCCCCCCCCCCCCCCCC)COP(=O)(O)OCC[N+](C)(C)C. The van der Waals surface area contributed by atoms with Crippen LogP contribution in [0.15, 0.2) is 12.2 Å². The highest BCUT2D eigenvalue weighted by molar-refractivity contribution is 7.47. The number of carbonyl (C=O) groups is 2. The minimum absolute atomic E-state index is 0.0336. The molecule has 0 aromatic rings. The van der Waals surface area contributed by atoms with Crippen molar-refractivity contribution in [1.29, 1.82) is 0 Å². The molecule has 0 aliphatic carbocycles. The van der Waals surface area contributed by atoms with Gasteiger partial charge >= 0.3 is 19.8 Å². The van der Waals surface area contributed by atoms with E-state index in [-0.39, 0.29) is 25.6 Å². The molecule has 0 rings (SSSR count). The van der Waals surface area contributed by atoms with Gasteiger partial charge in [-0.05, 0) is 38.5 Å². The molecule has 386 valence electrons. The summed E-state index contributed by atoms with van der Waals surface area (Å²) in [5.74, 6) is -0.791. The average molecular weight is 943 g/mol. The van der Waals surface area contributed by atoms with Crippen LogP contribution in [0.1, 0.15) is 277 Å². The Morgan fingerprint density at radius 2 is 0.785 bits per heavy atom. The number of hydrogen-bond acceptors (Lipinski definition) is 7. The summed E-state index contributed by atoms with van der Waals surface area (Å²) in [6.45, 7) is 4.46. The van der Waals surface area contributed by atoms with Crippen LogP contribution in [-0.2, 0) is 32.7 Å². The molecule has 0 heterocycles. The standard InChI is InChI=1S/C55H108NO8P/c1-6-8-10-12-14-16-18-20-22-23-24-25-26-27-28-29-30-31-32-34-35-37-39-41-43-45-47-54(57)61-51-53(52-63-65(59,60)62-50-49-56(3,4)5)64-55(58)48-46-44-42-40-38-36-33-21-19-17-15-13-11-9-7-2/h21,33,53H,6-20,22-32,34-52H2,1-5H3/p+1/b33-21-. The van der Waals surface area contributed by atoms with Gasteiger partial charge in [0.15, 0.2) is 6.10 Å². The molecule has 0 aliphatic heterocycles. The van der Waals surface area contributed by atoms with Crippen LogP contribution in [-0.4, -0.2) is 74.9 Å². The van der Waals surface area contributed by atoms with Crippen molar-refractivity contribution in [2.75, 3.05) is 47.5 Å². The first-order chi connectivity index (χ1) is 31.5. The number of phosphoric ester groups is 1. The van der Waals surface area contributed by atoms with Crippen molar-refractivity contribution >= 4 is 19.8 Å². The number of rotatable bonds is 52. The lowest BCUT2D eigenvalue weighted by atomic mass is 10.0. The molecular weight excluding hydrogens is 834 g/mol. The second-order valence-corrected chi connectivity index (χ2v) is 21.8. The van der Waals surface area contributed by atoms with E-state index >= 15 is 0 Å². The number of likely N-dealkylation sites (N-methyl/N-ethyl adjacent to an activating group) is 1. The highest BCUT2D eigenvalue weighted by Crippen LogP contribution is 2.43. The third kappa shape index (κ3) is 52.0. The fourth-order valence-electron chi connectivity index (χ4n) is 8.19. The van der Waals surface area contributed by atoms with E-state index in [4.69, 9.17) is 18.5 Å². The van der Waals surface area contributed by atoms with E-state index in [0.29, 0.717) is 23.9 Å². The van der Waals surface area contributed by atoms with Crippen LogP contribution in [0.5, 0.6) is 0 Å². The first-order valence-electron chi connectivity index (χ1n) is 27.9. The van der Waals surface area contributed by atoms with Gasteiger partial charge in [-0.3, -0.25) is 18.6 Å². The molecule has 0 bridgehead atoms. The molecule has 9 nitrogen and oxygen atoms in total. The molecule has 0 aromatic carbocycles. The van der Waals surface area contributed by atoms with E-state index < -0.39 is 26.5 Å². The molecule has 0 aliphatic rings. The molecule has 0 saturated heterocycles. The molecule has 10 heteroatoms. The Labute approximate surface area is 403 Å². The van der Waals surface area contributed by atoms with Gasteiger partial charge in [-0.1, -0.05) is 238 Å². The zero-order valence-electron chi connectivity index (χ0n) is 43.8. The Morgan fingerprint density at radius 3 is 1.14 bits per heavy atom. The Balaban J connectivity index is 4.08. The van der Waals surface area contributed by atoms with E-state index in [0.717, 1.165) is 51.4 Å². The van der Waals surface area contributed by atoms with Crippen LogP contribution < -0.4 is 0 Å². The Morgan fingerprint density at radius 1 is 0.462 bits per heavy atom. The first kappa shape index (κ1) is 63.8. The number of quaternary nitrogens is 1. The Bertz CT molecular complexity index is 1110. The molecule has 0 spiro atoms. The topological polar surface area (TPSA) is 108 Å². The minimum atomic E-state index is -4.38. The third-order valence-electron chi connectivity index (χ3n) is 12.5. The Kier molecular flexibility index (Phi) is 46.9. The number of hydrogen-bond donors (Lipinski definition) is 1. The quantitative estimate of drug-likeness (QED) is 0.0211. The smallest absolute Gasteiger partial charge is 0.462 e. The van der Waals surface area contributed by atoms with Gasteiger partial charge in [0.05, 0.1) is 27.7 Å². The van der Waals surface area contributed by atoms with Crippen LogP contribution in [0, 0.1) is 0 Å². The molecule has 0 amide bonds. The predicted molar refractivity (Wildman–Crippen MR) is 275 cm³/mol. The van der Waals surface area contributed by atoms with E-state index in [2.05, 4.69) is 26.0 Å². The summed E-state index contributed by atoms with van der Waals surface area (Å²) in [5, 5.41) is 0. The summed E-state index contributed by atoms with van der Waals surface area (Å²) in [6, 6.07) is 0. The van der Waals surface area contributed by atoms with Gasteiger partial charge in [0.2, 0.25) is 0 Å². The van der Waals surface area contributed by atoms with Crippen molar-refractivity contribution in [2.45, 2.75) is 283 Å². The molecule has 2 atom stereocenters. The predicted octanol–water partition coefficient (Wildman–Crippen LogP) is 16.9. The van der Waals surface area contributed by atoms with Gasteiger partial charge in [-0.2, -0.15) is 0 Å². The summed E-state index contributed by atoms with van der Waals surface area (Å²) < 4.78 is 34.5. The summed E-state index contributed by atoms with van der Waals surface area (Å²) in [5.41, 5.74) is 0. The lowest BCUT2D eigenvalue weighted by molar-refractivity contribution is -0.870. The third-order valence-corrected chi connectivity index (χ3v) is 13.5. The lowest BCUT2D eigenvalue weighted by Gasteiger charge is -2.24. The maximum Gasteiger partial charge on any atom is 0.472 e. The maximum atomic E-state index is 12.7. The van der Waals surface area contributed by atoms with Crippen LogP contribution in [0.25, 0.3) is 0 Å². The minimum Gasteiger partial charge on any atom is -0.462 e. The van der Waals surface area contributed by atoms with E-state index in [1.165, 1.54) is 193 Å². The summed E-state index contributed by atoms with van der Waals surface area (Å²) >= 11 is 0. The number of unbranched alkanes of at least 4 members (excludes halogenated alkanes) is 36. The van der Waals surface area contributed by atoms with Crippen molar-refractivity contribution in [3.8, 4) is 0 Å². The van der Waals surface area contributed by atoms with Gasteiger partial charge in [0, 0.05) is 12.8 Å². The van der Waals surface area contributed by atoms with E-state index in [1.807, 2.05) is 21.1 Å². The molecule has 0 saturated carbocycles. The molecule has 0 fully saturated rings. The normalized spacial score (nSPS) is 13.4. The zero-order valence-corrected chi connectivity index (χ0v) is 44.6. The summed E-state index contributed by atoms with van der Waals surface area (Å²) in [7, 11) is 1.49. The summed E-state index contributed by atoms with van der Waals surface area (Å²) in [6.07, 6.45) is 54.2. The highest BCUT2D eigenvalue weighted by atomic mass is 31.2. The average Bonchev–Trinajstić information content (AvgIpc) is 3.26. The largest absolute Gasteiger partial charge is 0.472 e.